The minimum atomic E-state index is -3.56. The first-order valence-corrected chi connectivity index (χ1v) is 12.2. The third-order valence-corrected chi connectivity index (χ3v) is 7.87. The molecule has 1 unspecified atom stereocenters. The van der Waals surface area contributed by atoms with Gasteiger partial charge >= 0.3 is 0 Å². The maximum atomic E-state index is 12.8. The summed E-state index contributed by atoms with van der Waals surface area (Å²) in [5.41, 5.74) is 1.28. The number of benzene rings is 2. The molecule has 1 aliphatic heterocycles. The lowest BCUT2D eigenvalue weighted by Crippen LogP contribution is -2.44. The number of carbonyl (C=O) groups is 1. The fourth-order valence-electron chi connectivity index (χ4n) is 3.12. The van der Waals surface area contributed by atoms with Crippen molar-refractivity contribution in [1.29, 1.82) is 0 Å². The largest absolute Gasteiger partial charge is 0.326 e. The molecule has 1 N–H and O–H groups in total. The average molecular weight is 553 g/mol. The lowest BCUT2D eigenvalue weighted by atomic mass is 9.99. The minimum absolute atomic E-state index is 0.157. The normalized spacial score (nSPS) is 18.0. The summed E-state index contributed by atoms with van der Waals surface area (Å²) in [6.07, 6.45) is 1.31. The summed E-state index contributed by atoms with van der Waals surface area (Å²) in [4.78, 5) is 12.6. The van der Waals surface area contributed by atoms with Gasteiger partial charge in [-0.05, 0) is 77.4 Å². The van der Waals surface area contributed by atoms with Crippen molar-refractivity contribution in [3.63, 3.8) is 0 Å². The quantitative estimate of drug-likeness (QED) is 0.543. The predicted molar refractivity (Wildman–Crippen MR) is 121 cm³/mol. The van der Waals surface area contributed by atoms with E-state index in [0.717, 1.165) is 3.57 Å². The van der Waals surface area contributed by atoms with E-state index in [-0.39, 0.29) is 24.1 Å². The monoisotopic (exact) mass is 552 g/mol. The van der Waals surface area contributed by atoms with E-state index < -0.39 is 10.0 Å². The highest BCUT2D eigenvalue weighted by molar-refractivity contribution is 14.1. The molecule has 28 heavy (non-hydrogen) atoms. The highest BCUT2D eigenvalue weighted by atomic mass is 127. The van der Waals surface area contributed by atoms with Gasteiger partial charge in [0.05, 0.1) is 21.7 Å². The van der Waals surface area contributed by atoms with Crippen LogP contribution in [0, 0.1) is 9.49 Å². The van der Waals surface area contributed by atoms with Crippen LogP contribution in [-0.2, 0) is 20.6 Å². The van der Waals surface area contributed by atoms with Crippen molar-refractivity contribution in [3.8, 4) is 0 Å². The van der Waals surface area contributed by atoms with Crippen LogP contribution in [0.4, 0.5) is 5.69 Å². The molecule has 1 atom stereocenters. The SMILES string of the molecule is O=C(Nc1ccc(I)cc1)C1CCCN(S(=O)(=O)Cc2ccc(Cl)c(Cl)c2)C1. The topological polar surface area (TPSA) is 66.5 Å². The summed E-state index contributed by atoms with van der Waals surface area (Å²) in [5.74, 6) is -0.706. The van der Waals surface area contributed by atoms with Gasteiger partial charge in [-0.2, -0.15) is 0 Å². The molecule has 0 aliphatic carbocycles. The summed E-state index contributed by atoms with van der Waals surface area (Å²) >= 11 is 14.1. The Balaban J connectivity index is 1.66. The lowest BCUT2D eigenvalue weighted by molar-refractivity contribution is -0.120. The van der Waals surface area contributed by atoms with Gasteiger partial charge in [-0.1, -0.05) is 29.3 Å². The van der Waals surface area contributed by atoms with Crippen LogP contribution in [0.15, 0.2) is 42.5 Å². The Morgan fingerprint density at radius 3 is 2.54 bits per heavy atom. The number of nitrogens with zero attached hydrogens (tertiary/aromatic N) is 1. The second kappa shape index (κ2) is 9.30. The minimum Gasteiger partial charge on any atom is -0.326 e. The van der Waals surface area contributed by atoms with Gasteiger partial charge in [0, 0.05) is 22.3 Å². The lowest BCUT2D eigenvalue weighted by Gasteiger charge is -2.31. The Morgan fingerprint density at radius 2 is 1.86 bits per heavy atom. The zero-order chi connectivity index (χ0) is 20.3. The molecule has 2 aromatic carbocycles. The van der Waals surface area contributed by atoms with E-state index in [2.05, 4.69) is 27.9 Å². The highest BCUT2D eigenvalue weighted by Crippen LogP contribution is 2.26. The van der Waals surface area contributed by atoms with Gasteiger partial charge in [-0.3, -0.25) is 4.79 Å². The van der Waals surface area contributed by atoms with E-state index in [9.17, 15) is 13.2 Å². The molecule has 0 aromatic heterocycles. The zero-order valence-corrected chi connectivity index (χ0v) is 19.4. The van der Waals surface area contributed by atoms with Crippen LogP contribution in [0.2, 0.25) is 10.0 Å². The van der Waals surface area contributed by atoms with Crippen LogP contribution < -0.4 is 5.32 Å². The van der Waals surface area contributed by atoms with Crippen molar-refractivity contribution in [2.24, 2.45) is 5.92 Å². The number of hydrogen-bond donors (Lipinski definition) is 1. The molecule has 5 nitrogen and oxygen atoms in total. The molecule has 0 radical (unpaired) electrons. The van der Waals surface area contributed by atoms with E-state index in [1.165, 1.54) is 4.31 Å². The molecule has 0 bridgehead atoms. The Morgan fingerprint density at radius 1 is 1.14 bits per heavy atom. The molecule has 1 amide bonds. The molecule has 1 heterocycles. The number of hydrogen-bond acceptors (Lipinski definition) is 3. The van der Waals surface area contributed by atoms with Crippen molar-refractivity contribution in [2.75, 3.05) is 18.4 Å². The van der Waals surface area contributed by atoms with Crippen molar-refractivity contribution >= 4 is 67.4 Å². The molecule has 0 saturated carbocycles. The van der Waals surface area contributed by atoms with Crippen LogP contribution in [0.25, 0.3) is 0 Å². The van der Waals surface area contributed by atoms with E-state index in [1.807, 2.05) is 24.3 Å². The average Bonchev–Trinajstić information content (AvgIpc) is 2.66. The zero-order valence-electron chi connectivity index (χ0n) is 14.9. The number of rotatable bonds is 5. The van der Waals surface area contributed by atoms with Crippen LogP contribution in [-0.4, -0.2) is 31.7 Å². The first-order chi connectivity index (χ1) is 13.2. The Kier molecular flexibility index (Phi) is 7.25. The van der Waals surface area contributed by atoms with Crippen molar-refractivity contribution < 1.29 is 13.2 Å². The van der Waals surface area contributed by atoms with E-state index in [4.69, 9.17) is 23.2 Å². The van der Waals surface area contributed by atoms with Crippen LogP contribution >= 0.6 is 45.8 Å². The standard InChI is InChI=1S/C19H19Cl2IN2O3S/c20-17-8-3-13(10-18(17)21)12-28(26,27)24-9-1-2-14(11-24)19(25)23-16-6-4-15(22)5-7-16/h3-8,10,14H,1-2,9,11-12H2,(H,23,25). The second-order valence-corrected chi connectivity index (χ2v) is 10.7. The summed E-state index contributed by atoms with van der Waals surface area (Å²) in [6, 6.07) is 12.3. The Bertz CT molecular complexity index is 968. The first kappa shape index (κ1) is 21.8. The summed E-state index contributed by atoms with van der Waals surface area (Å²) < 4.78 is 28.1. The van der Waals surface area contributed by atoms with E-state index >= 15 is 0 Å². The number of carbonyl (C=O) groups excluding carboxylic acids is 1. The van der Waals surface area contributed by atoms with Gasteiger partial charge in [0.2, 0.25) is 15.9 Å². The van der Waals surface area contributed by atoms with E-state index in [1.54, 1.807) is 18.2 Å². The van der Waals surface area contributed by atoms with Gasteiger partial charge in [0.1, 0.15) is 0 Å². The van der Waals surface area contributed by atoms with Crippen LogP contribution in [0.5, 0.6) is 0 Å². The van der Waals surface area contributed by atoms with Crippen LogP contribution in [0.1, 0.15) is 18.4 Å². The third kappa shape index (κ3) is 5.60. The first-order valence-electron chi connectivity index (χ1n) is 8.73. The van der Waals surface area contributed by atoms with Gasteiger partial charge < -0.3 is 5.32 Å². The van der Waals surface area contributed by atoms with Gasteiger partial charge in [0.15, 0.2) is 0 Å². The summed E-state index contributed by atoms with van der Waals surface area (Å²) in [7, 11) is -3.56. The maximum Gasteiger partial charge on any atom is 0.228 e. The van der Waals surface area contributed by atoms with Crippen LogP contribution in [0.3, 0.4) is 0 Å². The Hall–Kier alpha value is -0.870. The van der Waals surface area contributed by atoms with E-state index in [0.29, 0.717) is 40.7 Å². The number of halogens is 3. The van der Waals surface area contributed by atoms with Crippen molar-refractivity contribution in [2.45, 2.75) is 18.6 Å². The number of piperidine rings is 1. The molecular weight excluding hydrogens is 534 g/mol. The highest BCUT2D eigenvalue weighted by Gasteiger charge is 2.32. The fourth-order valence-corrected chi connectivity index (χ4v) is 5.40. The molecule has 9 heteroatoms. The molecule has 150 valence electrons. The molecule has 1 saturated heterocycles. The molecule has 0 spiro atoms. The van der Waals surface area contributed by atoms with Gasteiger partial charge in [-0.25, -0.2) is 12.7 Å². The Labute approximate surface area is 188 Å². The van der Waals surface area contributed by atoms with Crippen molar-refractivity contribution in [3.05, 3.63) is 61.6 Å². The molecule has 1 aliphatic rings. The molecule has 3 rings (SSSR count). The van der Waals surface area contributed by atoms with Crippen molar-refractivity contribution in [1.82, 2.24) is 4.31 Å². The summed E-state index contributed by atoms with van der Waals surface area (Å²) in [5, 5.41) is 3.58. The number of anilines is 1. The third-order valence-electron chi connectivity index (χ3n) is 4.59. The fraction of sp³-hybridized carbons (Fsp3) is 0.316. The smallest absolute Gasteiger partial charge is 0.228 e. The van der Waals surface area contributed by atoms with Gasteiger partial charge in [-0.15, -0.1) is 0 Å². The number of amides is 1. The van der Waals surface area contributed by atoms with Gasteiger partial charge in [0.25, 0.3) is 0 Å². The molecule has 2 aromatic rings. The summed E-state index contributed by atoms with van der Waals surface area (Å²) in [6.45, 7) is 0.594. The molecular formula is C19H19Cl2IN2O3S. The number of nitrogens with one attached hydrogen (secondary N) is 1. The molecule has 1 fully saturated rings. The number of sulfonamides is 1. The second-order valence-electron chi connectivity index (χ2n) is 6.70. The maximum absolute atomic E-state index is 12.8. The predicted octanol–water partition coefficient (Wildman–Crippen LogP) is 4.78.